The van der Waals surface area contributed by atoms with Gasteiger partial charge in [0.15, 0.2) is 0 Å². The Hall–Kier alpha value is -2.37. The van der Waals surface area contributed by atoms with Gasteiger partial charge in [0, 0.05) is 6.04 Å². The molecule has 0 saturated carbocycles. The molecule has 2 N–H and O–H groups in total. The van der Waals surface area contributed by atoms with Crippen LogP contribution in [0.4, 0.5) is 4.79 Å². The molecular weight excluding hydrogens is 270 g/mol. The highest BCUT2D eigenvalue weighted by molar-refractivity contribution is 6.06. The average molecular weight is 289 g/mol. The van der Waals surface area contributed by atoms with E-state index in [1.807, 2.05) is 19.9 Å². The summed E-state index contributed by atoms with van der Waals surface area (Å²) in [6, 6.07) is 7.74. The Bertz CT molecular complexity index is 544. The van der Waals surface area contributed by atoms with Crippen molar-refractivity contribution >= 4 is 17.8 Å². The Morgan fingerprint density at radius 1 is 1.33 bits per heavy atom. The molecule has 112 valence electrons. The molecule has 6 nitrogen and oxygen atoms in total. The summed E-state index contributed by atoms with van der Waals surface area (Å²) in [5, 5.41) is 5.34. The Balaban J connectivity index is 2.04. The summed E-state index contributed by atoms with van der Waals surface area (Å²) in [5.41, 5.74) is 0.709. The number of urea groups is 1. The van der Waals surface area contributed by atoms with Crippen molar-refractivity contribution in [3.8, 4) is 0 Å². The van der Waals surface area contributed by atoms with Gasteiger partial charge >= 0.3 is 6.03 Å². The molecule has 21 heavy (non-hydrogen) atoms. The largest absolute Gasteiger partial charge is 0.352 e. The van der Waals surface area contributed by atoms with E-state index in [0.717, 1.165) is 11.3 Å². The van der Waals surface area contributed by atoms with Crippen LogP contribution in [0.5, 0.6) is 0 Å². The van der Waals surface area contributed by atoms with Crippen LogP contribution in [0.25, 0.3) is 0 Å². The fraction of sp³-hybridized carbons (Fsp3) is 0.400. The molecule has 6 heteroatoms. The fourth-order valence-electron chi connectivity index (χ4n) is 2.11. The van der Waals surface area contributed by atoms with Gasteiger partial charge in [-0.2, -0.15) is 0 Å². The van der Waals surface area contributed by atoms with Crippen LogP contribution in [-0.4, -0.2) is 35.3 Å². The van der Waals surface area contributed by atoms with Gasteiger partial charge in [0.05, 0.1) is 0 Å². The van der Waals surface area contributed by atoms with Gasteiger partial charge in [-0.25, -0.2) is 4.79 Å². The van der Waals surface area contributed by atoms with Crippen LogP contribution in [0.2, 0.25) is 0 Å². The van der Waals surface area contributed by atoms with E-state index in [2.05, 4.69) is 10.6 Å². The number of rotatable bonds is 5. The molecule has 4 amide bonds. The monoisotopic (exact) mass is 289 g/mol. The van der Waals surface area contributed by atoms with Gasteiger partial charge < -0.3 is 10.6 Å². The third kappa shape index (κ3) is 3.39. The SMILES string of the molecule is CCC(C)NC(=O)CN1C(=O)NC(c2ccccc2)C1=O. The first-order chi connectivity index (χ1) is 10.0. The Labute approximate surface area is 123 Å². The predicted molar refractivity (Wildman–Crippen MR) is 77.3 cm³/mol. The zero-order valence-corrected chi connectivity index (χ0v) is 12.1. The molecular formula is C15H19N3O3. The summed E-state index contributed by atoms with van der Waals surface area (Å²) in [6.07, 6.45) is 0.790. The molecule has 1 heterocycles. The highest BCUT2D eigenvalue weighted by atomic mass is 16.2. The number of hydrogen-bond donors (Lipinski definition) is 2. The lowest BCUT2D eigenvalue weighted by atomic mass is 10.1. The number of carbonyl (C=O) groups excluding carboxylic acids is 3. The molecule has 0 aliphatic carbocycles. The second-order valence-electron chi connectivity index (χ2n) is 5.09. The summed E-state index contributed by atoms with van der Waals surface area (Å²) >= 11 is 0. The van der Waals surface area contributed by atoms with Crippen molar-refractivity contribution in [3.05, 3.63) is 35.9 Å². The van der Waals surface area contributed by atoms with Gasteiger partial charge in [0.1, 0.15) is 12.6 Å². The number of benzene rings is 1. The minimum Gasteiger partial charge on any atom is -0.352 e. The van der Waals surface area contributed by atoms with Crippen molar-refractivity contribution in [1.29, 1.82) is 0 Å². The Morgan fingerprint density at radius 3 is 2.62 bits per heavy atom. The lowest BCUT2D eigenvalue weighted by Crippen LogP contribution is -2.43. The van der Waals surface area contributed by atoms with Gasteiger partial charge in [-0.15, -0.1) is 0 Å². The van der Waals surface area contributed by atoms with Gasteiger partial charge in [0.25, 0.3) is 5.91 Å². The van der Waals surface area contributed by atoms with E-state index in [0.29, 0.717) is 5.56 Å². The van der Waals surface area contributed by atoms with Crippen molar-refractivity contribution in [2.24, 2.45) is 0 Å². The Morgan fingerprint density at radius 2 is 2.00 bits per heavy atom. The van der Waals surface area contributed by atoms with Crippen LogP contribution in [-0.2, 0) is 9.59 Å². The van der Waals surface area contributed by atoms with Crippen molar-refractivity contribution in [3.63, 3.8) is 0 Å². The summed E-state index contributed by atoms with van der Waals surface area (Å²) in [5.74, 6) is -0.730. The number of carbonyl (C=O) groups is 3. The zero-order chi connectivity index (χ0) is 15.4. The van der Waals surface area contributed by atoms with E-state index in [4.69, 9.17) is 0 Å². The van der Waals surface area contributed by atoms with Gasteiger partial charge in [-0.3, -0.25) is 14.5 Å². The second-order valence-corrected chi connectivity index (χ2v) is 5.09. The Kier molecular flexibility index (Phi) is 4.57. The van der Waals surface area contributed by atoms with Crippen LogP contribution < -0.4 is 10.6 Å². The van der Waals surface area contributed by atoms with Crippen molar-refractivity contribution in [2.45, 2.75) is 32.4 Å². The van der Waals surface area contributed by atoms with Crippen LogP contribution >= 0.6 is 0 Å². The molecule has 1 aromatic carbocycles. The molecule has 2 rings (SSSR count). The maximum Gasteiger partial charge on any atom is 0.325 e. The highest BCUT2D eigenvalue weighted by Crippen LogP contribution is 2.21. The lowest BCUT2D eigenvalue weighted by molar-refractivity contribution is -0.132. The maximum atomic E-state index is 12.3. The van der Waals surface area contributed by atoms with E-state index >= 15 is 0 Å². The van der Waals surface area contributed by atoms with E-state index in [-0.39, 0.29) is 18.5 Å². The molecule has 0 bridgehead atoms. The third-order valence-electron chi connectivity index (χ3n) is 3.48. The fourth-order valence-corrected chi connectivity index (χ4v) is 2.11. The highest BCUT2D eigenvalue weighted by Gasteiger charge is 2.39. The molecule has 0 radical (unpaired) electrons. The van der Waals surface area contributed by atoms with Crippen molar-refractivity contribution in [1.82, 2.24) is 15.5 Å². The predicted octanol–water partition coefficient (Wildman–Crippen LogP) is 1.19. The van der Waals surface area contributed by atoms with Crippen molar-refractivity contribution in [2.75, 3.05) is 6.54 Å². The molecule has 1 aromatic rings. The molecule has 1 fully saturated rings. The van der Waals surface area contributed by atoms with E-state index in [1.54, 1.807) is 24.3 Å². The summed E-state index contributed by atoms with van der Waals surface area (Å²) < 4.78 is 0. The normalized spacial score (nSPS) is 19.3. The summed E-state index contributed by atoms with van der Waals surface area (Å²) in [6.45, 7) is 3.57. The molecule has 2 unspecified atom stereocenters. The van der Waals surface area contributed by atoms with Gasteiger partial charge in [0.2, 0.25) is 5.91 Å². The first kappa shape index (κ1) is 15.0. The van der Waals surface area contributed by atoms with Crippen molar-refractivity contribution < 1.29 is 14.4 Å². The summed E-state index contributed by atoms with van der Waals surface area (Å²) in [7, 11) is 0. The molecule has 2 atom stereocenters. The second kappa shape index (κ2) is 6.39. The lowest BCUT2D eigenvalue weighted by Gasteiger charge is -2.15. The topological polar surface area (TPSA) is 78.5 Å². The summed E-state index contributed by atoms with van der Waals surface area (Å²) in [4.78, 5) is 36.9. The molecule has 1 aliphatic heterocycles. The molecule has 0 aromatic heterocycles. The minimum absolute atomic E-state index is 0.0168. The molecule has 0 spiro atoms. The van der Waals surface area contributed by atoms with Crippen LogP contribution in [0, 0.1) is 0 Å². The quantitative estimate of drug-likeness (QED) is 0.799. The van der Waals surface area contributed by atoms with Gasteiger partial charge in [-0.05, 0) is 18.9 Å². The third-order valence-corrected chi connectivity index (χ3v) is 3.48. The number of nitrogens with zero attached hydrogens (tertiary/aromatic N) is 1. The number of imide groups is 1. The van der Waals surface area contributed by atoms with Crippen LogP contribution in [0.15, 0.2) is 30.3 Å². The standard InChI is InChI=1S/C15H19N3O3/c1-3-10(2)16-12(19)9-18-14(20)13(17-15(18)21)11-7-5-4-6-8-11/h4-8,10,13H,3,9H2,1-2H3,(H,16,19)(H,17,21). The van der Waals surface area contributed by atoms with E-state index < -0.39 is 18.0 Å². The number of nitrogens with one attached hydrogen (secondary N) is 2. The zero-order valence-electron chi connectivity index (χ0n) is 12.1. The van der Waals surface area contributed by atoms with Crippen LogP contribution in [0.3, 0.4) is 0 Å². The number of amides is 4. The van der Waals surface area contributed by atoms with E-state index in [9.17, 15) is 14.4 Å². The maximum absolute atomic E-state index is 12.3. The first-order valence-corrected chi connectivity index (χ1v) is 6.99. The number of hydrogen-bond acceptors (Lipinski definition) is 3. The molecule has 1 saturated heterocycles. The minimum atomic E-state index is -0.713. The first-order valence-electron chi connectivity index (χ1n) is 6.99. The van der Waals surface area contributed by atoms with Crippen LogP contribution in [0.1, 0.15) is 31.9 Å². The molecule has 1 aliphatic rings. The van der Waals surface area contributed by atoms with E-state index in [1.165, 1.54) is 0 Å². The van der Waals surface area contributed by atoms with Gasteiger partial charge in [-0.1, -0.05) is 37.3 Å². The average Bonchev–Trinajstić information content (AvgIpc) is 2.76. The smallest absolute Gasteiger partial charge is 0.325 e.